The number of carbonyl (C=O) groups excluding carboxylic acids is 2. The van der Waals surface area contributed by atoms with Crippen molar-refractivity contribution in [3.63, 3.8) is 0 Å². The van der Waals surface area contributed by atoms with Gasteiger partial charge in [-0.25, -0.2) is 9.59 Å². The zero-order chi connectivity index (χ0) is 18.5. The van der Waals surface area contributed by atoms with Gasteiger partial charge < -0.3 is 9.47 Å². The molecule has 0 N–H and O–H groups in total. The minimum absolute atomic E-state index is 0.157. The van der Waals surface area contributed by atoms with Gasteiger partial charge in [-0.3, -0.25) is 4.90 Å². The molecule has 0 saturated carbocycles. The van der Waals surface area contributed by atoms with Crippen LogP contribution in [0.25, 0.3) is 5.57 Å². The molecule has 0 aromatic heterocycles. The van der Waals surface area contributed by atoms with E-state index < -0.39 is 18.1 Å². The molecule has 1 unspecified atom stereocenters. The van der Waals surface area contributed by atoms with Gasteiger partial charge in [0.15, 0.2) is 6.04 Å². The van der Waals surface area contributed by atoms with Crippen molar-refractivity contribution < 1.29 is 19.1 Å². The molecule has 3 rings (SSSR count). The molecule has 0 aliphatic carbocycles. The summed E-state index contributed by atoms with van der Waals surface area (Å²) in [5, 5.41) is 0. The lowest BCUT2D eigenvalue weighted by Gasteiger charge is -2.22. The second kappa shape index (κ2) is 7.87. The van der Waals surface area contributed by atoms with Gasteiger partial charge >= 0.3 is 12.1 Å². The fourth-order valence-electron chi connectivity index (χ4n) is 2.87. The highest BCUT2D eigenvalue weighted by molar-refractivity contribution is 5.90. The van der Waals surface area contributed by atoms with Gasteiger partial charge in [-0.15, -0.1) is 0 Å². The van der Waals surface area contributed by atoms with Crippen LogP contribution in [-0.4, -0.2) is 36.7 Å². The standard InChI is InChI=1S/C21H21NO4/c1-15-8-10-17(11-9-15)18-12-19(20(23)25-2)22(13-18)21(24)26-14-16-6-4-3-5-7-16/h3-12,19H,13-14H2,1-2H3. The van der Waals surface area contributed by atoms with Crippen molar-refractivity contribution in [2.24, 2.45) is 0 Å². The monoisotopic (exact) mass is 351 g/mol. The maximum absolute atomic E-state index is 12.5. The lowest BCUT2D eigenvalue weighted by molar-refractivity contribution is -0.144. The Hall–Kier alpha value is -3.08. The third-order valence-electron chi connectivity index (χ3n) is 4.34. The number of nitrogens with zero attached hydrogens (tertiary/aromatic N) is 1. The Morgan fingerprint density at radius 1 is 1.08 bits per heavy atom. The van der Waals surface area contributed by atoms with Gasteiger partial charge in [0.2, 0.25) is 0 Å². The van der Waals surface area contributed by atoms with E-state index >= 15 is 0 Å². The second-order valence-electron chi connectivity index (χ2n) is 6.19. The molecule has 1 atom stereocenters. The Labute approximate surface area is 152 Å². The first-order valence-electron chi connectivity index (χ1n) is 8.41. The van der Waals surface area contributed by atoms with Crippen LogP contribution in [0.15, 0.2) is 60.7 Å². The van der Waals surface area contributed by atoms with Crippen molar-refractivity contribution in [1.29, 1.82) is 0 Å². The molecule has 5 heteroatoms. The van der Waals surface area contributed by atoms with Crippen molar-refractivity contribution in [3.05, 3.63) is 77.4 Å². The Bertz CT molecular complexity index is 812. The molecule has 1 aliphatic heterocycles. The minimum Gasteiger partial charge on any atom is -0.467 e. The predicted octanol–water partition coefficient (Wildman–Crippen LogP) is 3.57. The highest BCUT2D eigenvalue weighted by atomic mass is 16.6. The molecular weight excluding hydrogens is 330 g/mol. The molecule has 1 heterocycles. The van der Waals surface area contributed by atoms with Crippen LogP contribution >= 0.6 is 0 Å². The fraction of sp³-hybridized carbons (Fsp3) is 0.238. The second-order valence-corrected chi connectivity index (χ2v) is 6.19. The lowest BCUT2D eigenvalue weighted by Crippen LogP contribution is -2.41. The summed E-state index contributed by atoms with van der Waals surface area (Å²) in [6, 6.07) is 16.6. The Morgan fingerprint density at radius 2 is 1.77 bits per heavy atom. The van der Waals surface area contributed by atoms with Crippen LogP contribution in [-0.2, 0) is 20.9 Å². The van der Waals surface area contributed by atoms with Gasteiger partial charge in [0.25, 0.3) is 0 Å². The van der Waals surface area contributed by atoms with E-state index in [9.17, 15) is 9.59 Å². The number of methoxy groups -OCH3 is 1. The Balaban J connectivity index is 1.74. The van der Waals surface area contributed by atoms with Crippen molar-refractivity contribution in [3.8, 4) is 0 Å². The van der Waals surface area contributed by atoms with E-state index in [0.717, 1.165) is 22.3 Å². The summed E-state index contributed by atoms with van der Waals surface area (Å²) in [7, 11) is 1.31. The maximum atomic E-state index is 12.5. The molecule has 1 amide bonds. The first kappa shape index (κ1) is 17.7. The van der Waals surface area contributed by atoms with Crippen molar-refractivity contribution >= 4 is 17.6 Å². The molecule has 0 radical (unpaired) electrons. The van der Waals surface area contributed by atoms with Gasteiger partial charge in [-0.05, 0) is 29.7 Å². The van der Waals surface area contributed by atoms with Crippen LogP contribution in [0.1, 0.15) is 16.7 Å². The smallest absolute Gasteiger partial charge is 0.411 e. The first-order valence-corrected chi connectivity index (χ1v) is 8.41. The number of rotatable bonds is 4. The zero-order valence-corrected chi connectivity index (χ0v) is 14.8. The number of hydrogen-bond donors (Lipinski definition) is 0. The summed E-state index contributed by atoms with van der Waals surface area (Å²) in [5.41, 5.74) is 3.91. The number of hydrogen-bond acceptors (Lipinski definition) is 4. The molecule has 1 aliphatic rings. The van der Waals surface area contributed by atoms with Gasteiger partial charge in [0.05, 0.1) is 13.7 Å². The van der Waals surface area contributed by atoms with Crippen LogP contribution in [0.2, 0.25) is 0 Å². The van der Waals surface area contributed by atoms with E-state index in [1.807, 2.05) is 61.5 Å². The normalized spacial score (nSPS) is 16.2. The van der Waals surface area contributed by atoms with Crippen LogP contribution in [0, 0.1) is 6.92 Å². The van der Waals surface area contributed by atoms with E-state index in [1.54, 1.807) is 6.08 Å². The van der Waals surface area contributed by atoms with Gasteiger partial charge in [0.1, 0.15) is 6.61 Å². The molecule has 0 spiro atoms. The molecule has 26 heavy (non-hydrogen) atoms. The quantitative estimate of drug-likeness (QED) is 0.790. The van der Waals surface area contributed by atoms with Crippen molar-refractivity contribution in [1.82, 2.24) is 4.90 Å². The summed E-state index contributed by atoms with van der Waals surface area (Å²) >= 11 is 0. The third-order valence-corrected chi connectivity index (χ3v) is 4.34. The fourth-order valence-corrected chi connectivity index (χ4v) is 2.87. The number of benzene rings is 2. The van der Waals surface area contributed by atoms with E-state index in [2.05, 4.69) is 0 Å². The topological polar surface area (TPSA) is 55.8 Å². The summed E-state index contributed by atoms with van der Waals surface area (Å²) in [6.45, 7) is 2.47. The maximum Gasteiger partial charge on any atom is 0.411 e. The summed E-state index contributed by atoms with van der Waals surface area (Å²) < 4.78 is 10.2. The van der Waals surface area contributed by atoms with Crippen LogP contribution in [0.3, 0.4) is 0 Å². The zero-order valence-electron chi connectivity index (χ0n) is 14.8. The largest absolute Gasteiger partial charge is 0.467 e. The van der Waals surface area contributed by atoms with Crippen molar-refractivity contribution in [2.45, 2.75) is 19.6 Å². The highest BCUT2D eigenvalue weighted by Crippen LogP contribution is 2.27. The van der Waals surface area contributed by atoms with E-state index in [4.69, 9.17) is 9.47 Å². The van der Waals surface area contributed by atoms with Crippen LogP contribution in [0.4, 0.5) is 4.79 Å². The molecule has 5 nitrogen and oxygen atoms in total. The summed E-state index contributed by atoms with van der Waals surface area (Å²) in [5.74, 6) is -0.483. The van der Waals surface area contributed by atoms with Crippen LogP contribution < -0.4 is 0 Å². The number of ether oxygens (including phenoxy) is 2. The van der Waals surface area contributed by atoms with E-state index in [-0.39, 0.29) is 6.61 Å². The molecule has 2 aromatic rings. The average Bonchev–Trinajstić information content (AvgIpc) is 3.12. The van der Waals surface area contributed by atoms with Crippen molar-refractivity contribution in [2.75, 3.05) is 13.7 Å². The Morgan fingerprint density at radius 3 is 2.42 bits per heavy atom. The molecule has 0 bridgehead atoms. The average molecular weight is 351 g/mol. The molecular formula is C21H21NO4. The molecule has 134 valence electrons. The third kappa shape index (κ3) is 3.94. The molecule has 0 saturated heterocycles. The molecule has 2 aromatic carbocycles. The highest BCUT2D eigenvalue weighted by Gasteiger charge is 2.36. The number of esters is 1. The first-order chi connectivity index (χ1) is 12.6. The van der Waals surface area contributed by atoms with Gasteiger partial charge in [-0.1, -0.05) is 60.2 Å². The Kier molecular flexibility index (Phi) is 5.37. The number of aryl methyl sites for hydroxylation is 1. The van der Waals surface area contributed by atoms with Gasteiger partial charge in [0, 0.05) is 0 Å². The van der Waals surface area contributed by atoms with Gasteiger partial charge in [-0.2, -0.15) is 0 Å². The molecule has 0 fully saturated rings. The van der Waals surface area contributed by atoms with E-state index in [0.29, 0.717) is 6.54 Å². The minimum atomic E-state index is -0.778. The number of carbonyl (C=O) groups is 2. The summed E-state index contributed by atoms with van der Waals surface area (Å²) in [6.07, 6.45) is 1.22. The summed E-state index contributed by atoms with van der Waals surface area (Å²) in [4.78, 5) is 26.1. The van der Waals surface area contributed by atoms with E-state index in [1.165, 1.54) is 12.0 Å². The lowest BCUT2D eigenvalue weighted by atomic mass is 10.0. The SMILES string of the molecule is COC(=O)C1C=C(c2ccc(C)cc2)CN1C(=O)OCc1ccccc1. The van der Waals surface area contributed by atoms with Crippen LogP contribution in [0.5, 0.6) is 0 Å². The predicted molar refractivity (Wildman–Crippen MR) is 98.3 cm³/mol. The number of amides is 1.